The molecule has 0 aliphatic carbocycles. The molecule has 2 fully saturated rings. The second-order valence-corrected chi connectivity index (χ2v) is 5.14. The predicted octanol–water partition coefficient (Wildman–Crippen LogP) is 0.373. The van der Waals surface area contributed by atoms with Crippen LogP contribution in [0.3, 0.4) is 0 Å². The van der Waals surface area contributed by atoms with E-state index in [9.17, 15) is 0 Å². The summed E-state index contributed by atoms with van der Waals surface area (Å²) in [6, 6.07) is 0.856. The maximum Gasteiger partial charge on any atom is 0.0257 e. The van der Waals surface area contributed by atoms with Crippen molar-refractivity contribution in [3.05, 3.63) is 0 Å². The maximum absolute atomic E-state index is 5.73. The third-order valence-corrected chi connectivity index (χ3v) is 4.10. The Morgan fingerprint density at radius 1 is 1.00 bits per heavy atom. The van der Waals surface area contributed by atoms with Crippen molar-refractivity contribution in [2.75, 3.05) is 37.7 Å². The van der Waals surface area contributed by atoms with Crippen LogP contribution in [0, 0.1) is 0 Å². The zero-order valence-electron chi connectivity index (χ0n) is 8.11. The number of thioether (sulfide) groups is 1. The molecule has 0 aromatic carbocycles. The Kier molecular flexibility index (Phi) is 3.49. The topological polar surface area (TPSA) is 32.5 Å². The van der Waals surface area contributed by atoms with E-state index in [0.29, 0.717) is 0 Å². The first-order chi connectivity index (χ1) is 6.36. The average Bonchev–Trinajstić information content (AvgIpc) is 2.20. The summed E-state index contributed by atoms with van der Waals surface area (Å²) in [6.07, 6.45) is 2.77. The molecule has 0 amide bonds. The number of piperazine rings is 1. The third kappa shape index (κ3) is 2.59. The summed E-state index contributed by atoms with van der Waals surface area (Å²) >= 11 is 2.10. The highest BCUT2D eigenvalue weighted by Crippen LogP contribution is 2.22. The fraction of sp³-hybridized carbons (Fsp3) is 1.00. The lowest BCUT2D eigenvalue weighted by Gasteiger charge is -2.39. The zero-order chi connectivity index (χ0) is 9.10. The van der Waals surface area contributed by atoms with Crippen molar-refractivity contribution in [1.82, 2.24) is 9.91 Å². The lowest BCUT2D eigenvalue weighted by molar-refractivity contribution is 0.0924. The van der Waals surface area contributed by atoms with Crippen LogP contribution in [0.15, 0.2) is 0 Å². The van der Waals surface area contributed by atoms with E-state index in [2.05, 4.69) is 16.7 Å². The van der Waals surface area contributed by atoms with Gasteiger partial charge in [-0.05, 0) is 24.3 Å². The highest BCUT2D eigenvalue weighted by atomic mass is 32.2. The molecular formula is C9H19N3S. The molecule has 2 saturated heterocycles. The Morgan fingerprint density at radius 3 is 2.23 bits per heavy atom. The fourth-order valence-corrected chi connectivity index (χ4v) is 3.23. The Balaban J connectivity index is 1.79. The van der Waals surface area contributed by atoms with Gasteiger partial charge in [0.1, 0.15) is 0 Å². The van der Waals surface area contributed by atoms with Gasteiger partial charge in [0.25, 0.3) is 0 Å². The number of hydrogen-bond acceptors (Lipinski definition) is 4. The van der Waals surface area contributed by atoms with Crippen LogP contribution < -0.4 is 5.84 Å². The maximum atomic E-state index is 5.73. The van der Waals surface area contributed by atoms with Gasteiger partial charge in [-0.15, -0.1) is 0 Å². The van der Waals surface area contributed by atoms with Crippen LogP contribution in [-0.4, -0.2) is 53.6 Å². The number of rotatable bonds is 1. The van der Waals surface area contributed by atoms with E-state index in [0.717, 1.165) is 19.1 Å². The first-order valence-electron chi connectivity index (χ1n) is 5.18. The summed E-state index contributed by atoms with van der Waals surface area (Å²) in [5.41, 5.74) is 0. The summed E-state index contributed by atoms with van der Waals surface area (Å²) in [5, 5.41) is 1.94. The number of nitrogens with zero attached hydrogens (tertiary/aromatic N) is 2. The molecule has 0 saturated carbocycles. The number of hydrogen-bond donors (Lipinski definition) is 1. The molecule has 0 unspecified atom stereocenters. The molecule has 76 valence electrons. The fourth-order valence-electron chi connectivity index (χ4n) is 2.15. The SMILES string of the molecule is NN1CCN(C2CCSCC2)CC1. The quantitative estimate of drug-likeness (QED) is 0.622. The van der Waals surface area contributed by atoms with Gasteiger partial charge in [-0.25, -0.2) is 5.01 Å². The van der Waals surface area contributed by atoms with Crippen LogP contribution in [0.4, 0.5) is 0 Å². The van der Waals surface area contributed by atoms with E-state index in [1.54, 1.807) is 0 Å². The molecule has 0 aromatic rings. The molecule has 0 atom stereocenters. The number of nitrogens with two attached hydrogens (primary N) is 1. The molecular weight excluding hydrogens is 182 g/mol. The monoisotopic (exact) mass is 201 g/mol. The van der Waals surface area contributed by atoms with Gasteiger partial charge in [0.2, 0.25) is 0 Å². The van der Waals surface area contributed by atoms with Gasteiger partial charge >= 0.3 is 0 Å². The van der Waals surface area contributed by atoms with Gasteiger partial charge in [0, 0.05) is 32.2 Å². The summed E-state index contributed by atoms with van der Waals surface area (Å²) in [5.74, 6) is 8.44. The molecule has 0 spiro atoms. The molecule has 2 N–H and O–H groups in total. The largest absolute Gasteiger partial charge is 0.298 e. The van der Waals surface area contributed by atoms with Gasteiger partial charge in [-0.2, -0.15) is 11.8 Å². The van der Waals surface area contributed by atoms with E-state index in [1.165, 1.54) is 37.4 Å². The van der Waals surface area contributed by atoms with Gasteiger partial charge < -0.3 is 0 Å². The normalized spacial score (nSPS) is 29.3. The molecule has 13 heavy (non-hydrogen) atoms. The van der Waals surface area contributed by atoms with Gasteiger partial charge in [0.15, 0.2) is 0 Å². The first-order valence-corrected chi connectivity index (χ1v) is 6.33. The minimum absolute atomic E-state index is 0.856. The average molecular weight is 201 g/mol. The molecule has 2 aliphatic heterocycles. The van der Waals surface area contributed by atoms with Crippen LogP contribution in [0.1, 0.15) is 12.8 Å². The van der Waals surface area contributed by atoms with Gasteiger partial charge in [0.05, 0.1) is 0 Å². The molecule has 0 bridgehead atoms. The highest BCUT2D eigenvalue weighted by molar-refractivity contribution is 7.99. The van der Waals surface area contributed by atoms with Gasteiger partial charge in [-0.3, -0.25) is 10.7 Å². The van der Waals surface area contributed by atoms with E-state index in [4.69, 9.17) is 5.84 Å². The van der Waals surface area contributed by atoms with E-state index >= 15 is 0 Å². The second-order valence-electron chi connectivity index (χ2n) is 3.92. The Bertz CT molecular complexity index is 151. The summed E-state index contributed by atoms with van der Waals surface area (Å²) < 4.78 is 0. The first kappa shape index (κ1) is 9.77. The molecule has 0 radical (unpaired) electrons. The number of hydrazine groups is 1. The van der Waals surface area contributed by atoms with Crippen LogP contribution in [0.2, 0.25) is 0 Å². The minimum atomic E-state index is 0.856. The van der Waals surface area contributed by atoms with Crippen molar-refractivity contribution >= 4 is 11.8 Å². The van der Waals surface area contributed by atoms with Crippen molar-refractivity contribution in [1.29, 1.82) is 0 Å². The predicted molar refractivity (Wildman–Crippen MR) is 57.7 cm³/mol. The van der Waals surface area contributed by atoms with Crippen molar-refractivity contribution in [3.63, 3.8) is 0 Å². The summed E-state index contributed by atoms with van der Waals surface area (Å²) in [4.78, 5) is 2.63. The molecule has 3 nitrogen and oxygen atoms in total. The van der Waals surface area contributed by atoms with Crippen LogP contribution in [0.5, 0.6) is 0 Å². The van der Waals surface area contributed by atoms with Crippen LogP contribution in [0.25, 0.3) is 0 Å². The second kappa shape index (κ2) is 4.64. The molecule has 2 rings (SSSR count). The Morgan fingerprint density at radius 2 is 1.62 bits per heavy atom. The lowest BCUT2D eigenvalue weighted by atomic mass is 10.1. The van der Waals surface area contributed by atoms with Crippen LogP contribution in [-0.2, 0) is 0 Å². The molecule has 0 aromatic heterocycles. The van der Waals surface area contributed by atoms with E-state index in [-0.39, 0.29) is 0 Å². The van der Waals surface area contributed by atoms with Crippen molar-refractivity contribution in [3.8, 4) is 0 Å². The smallest absolute Gasteiger partial charge is 0.0257 e. The van der Waals surface area contributed by atoms with Gasteiger partial charge in [-0.1, -0.05) is 0 Å². The van der Waals surface area contributed by atoms with E-state index < -0.39 is 0 Å². The molecule has 4 heteroatoms. The lowest BCUT2D eigenvalue weighted by Crippen LogP contribution is -2.53. The van der Waals surface area contributed by atoms with Crippen LogP contribution >= 0.6 is 11.8 Å². The van der Waals surface area contributed by atoms with E-state index in [1.807, 2.05) is 5.01 Å². The zero-order valence-corrected chi connectivity index (χ0v) is 8.93. The summed E-state index contributed by atoms with van der Waals surface area (Å²) in [6.45, 7) is 4.44. The Hall–Kier alpha value is 0.230. The third-order valence-electron chi connectivity index (χ3n) is 3.06. The highest BCUT2D eigenvalue weighted by Gasteiger charge is 2.23. The molecule has 2 heterocycles. The van der Waals surface area contributed by atoms with Crippen molar-refractivity contribution < 1.29 is 0 Å². The van der Waals surface area contributed by atoms with Crippen molar-refractivity contribution in [2.45, 2.75) is 18.9 Å². The Labute approximate surface area is 84.6 Å². The molecule has 2 aliphatic rings. The summed E-state index contributed by atoms with van der Waals surface area (Å²) in [7, 11) is 0. The minimum Gasteiger partial charge on any atom is -0.298 e. The standard InChI is InChI=1S/C9H19N3S/c10-12-5-3-11(4-6-12)9-1-7-13-8-2-9/h9H,1-8,10H2. The van der Waals surface area contributed by atoms with Crippen molar-refractivity contribution in [2.24, 2.45) is 5.84 Å².